The van der Waals surface area contributed by atoms with Crippen molar-refractivity contribution in [3.63, 3.8) is 0 Å². The summed E-state index contributed by atoms with van der Waals surface area (Å²) in [5, 5.41) is 8.18. The van der Waals surface area contributed by atoms with Crippen LogP contribution in [-0.4, -0.2) is 44.5 Å². The number of nitrogens with two attached hydrogens (primary N) is 1. The number of aromatic nitrogens is 3. The predicted octanol–water partition coefficient (Wildman–Crippen LogP) is 3.30. The zero-order chi connectivity index (χ0) is 21.1. The second-order valence-electron chi connectivity index (χ2n) is 8.40. The van der Waals surface area contributed by atoms with Gasteiger partial charge in [-0.15, -0.1) is 5.10 Å². The first-order valence-electron chi connectivity index (χ1n) is 10.7. The van der Waals surface area contributed by atoms with Gasteiger partial charge in [-0.05, 0) is 36.5 Å². The van der Waals surface area contributed by atoms with E-state index in [0.717, 1.165) is 47.7 Å². The number of carbonyl (C=O) groups excluding carboxylic acids is 1. The Hall–Kier alpha value is -2.93. The van der Waals surface area contributed by atoms with E-state index in [1.54, 1.807) is 0 Å². The van der Waals surface area contributed by atoms with E-state index < -0.39 is 0 Å². The number of hydrogen-bond donors (Lipinski definition) is 2. The van der Waals surface area contributed by atoms with Crippen molar-refractivity contribution in [3.8, 4) is 11.3 Å². The zero-order valence-electron chi connectivity index (χ0n) is 17.7. The first kappa shape index (κ1) is 20.3. The molecule has 3 N–H and O–H groups in total. The molecule has 1 amide bonds. The Labute approximate surface area is 177 Å². The Kier molecular flexibility index (Phi) is 5.99. The molecule has 3 aromatic rings. The lowest BCUT2D eigenvalue weighted by atomic mass is 10.1. The molecule has 7 heteroatoms. The number of rotatable bonds is 7. The van der Waals surface area contributed by atoms with Gasteiger partial charge >= 0.3 is 0 Å². The van der Waals surface area contributed by atoms with Gasteiger partial charge in [0.05, 0.1) is 11.9 Å². The first-order valence-corrected chi connectivity index (χ1v) is 10.7. The SMILES string of the molecule is CC(C)CC(=O)N1CCC[C@H]1CNc1ccc2ncc(-c3ccc(CN)cc3)n2n1. The molecule has 1 atom stereocenters. The van der Waals surface area contributed by atoms with Crippen LogP contribution in [0.4, 0.5) is 5.82 Å². The van der Waals surface area contributed by atoms with Gasteiger partial charge < -0.3 is 16.0 Å². The molecular weight excluding hydrogens is 376 g/mol. The highest BCUT2D eigenvalue weighted by atomic mass is 16.2. The first-order chi connectivity index (χ1) is 14.5. The van der Waals surface area contributed by atoms with E-state index in [1.807, 2.05) is 52.0 Å². The number of nitrogens with one attached hydrogen (secondary N) is 1. The highest BCUT2D eigenvalue weighted by molar-refractivity contribution is 5.77. The standard InChI is InChI=1S/C23H30N6O/c1-16(2)12-23(30)28-11-3-4-19(28)14-25-21-9-10-22-26-15-20(29(22)27-21)18-7-5-17(13-24)6-8-18/h5-10,15-16,19H,3-4,11-14,24H2,1-2H3,(H,25,27)/t19-/m0/s1. The van der Waals surface area contributed by atoms with Crippen LogP contribution in [0.25, 0.3) is 16.9 Å². The Morgan fingerprint density at radius 1 is 1.23 bits per heavy atom. The van der Waals surface area contributed by atoms with E-state index >= 15 is 0 Å². The van der Waals surface area contributed by atoms with Crippen molar-refractivity contribution in [3.05, 3.63) is 48.2 Å². The Morgan fingerprint density at radius 2 is 2.03 bits per heavy atom. The summed E-state index contributed by atoms with van der Waals surface area (Å²) in [5.74, 6) is 1.42. The summed E-state index contributed by atoms with van der Waals surface area (Å²) in [5.41, 5.74) is 9.58. The minimum absolute atomic E-state index is 0.222. The summed E-state index contributed by atoms with van der Waals surface area (Å²) >= 11 is 0. The van der Waals surface area contributed by atoms with Crippen molar-refractivity contribution in [1.29, 1.82) is 0 Å². The van der Waals surface area contributed by atoms with Crippen LogP contribution < -0.4 is 11.1 Å². The van der Waals surface area contributed by atoms with Crippen LogP contribution in [0.5, 0.6) is 0 Å². The molecule has 0 aliphatic carbocycles. The predicted molar refractivity (Wildman–Crippen MR) is 119 cm³/mol. The number of hydrogen-bond acceptors (Lipinski definition) is 5. The molecule has 0 saturated carbocycles. The van der Waals surface area contributed by atoms with Crippen LogP contribution >= 0.6 is 0 Å². The number of anilines is 1. The monoisotopic (exact) mass is 406 g/mol. The summed E-state index contributed by atoms with van der Waals surface area (Å²) in [6.45, 7) is 6.27. The second-order valence-corrected chi connectivity index (χ2v) is 8.40. The molecule has 0 spiro atoms. The lowest BCUT2D eigenvalue weighted by Crippen LogP contribution is -2.40. The summed E-state index contributed by atoms with van der Waals surface area (Å²) in [6, 6.07) is 12.3. The van der Waals surface area contributed by atoms with Crippen molar-refractivity contribution in [2.24, 2.45) is 11.7 Å². The summed E-state index contributed by atoms with van der Waals surface area (Å²) in [4.78, 5) is 19.0. The summed E-state index contributed by atoms with van der Waals surface area (Å²) in [7, 11) is 0. The van der Waals surface area contributed by atoms with E-state index in [1.165, 1.54) is 0 Å². The van der Waals surface area contributed by atoms with E-state index in [4.69, 9.17) is 10.8 Å². The number of likely N-dealkylation sites (tertiary alicyclic amines) is 1. The van der Waals surface area contributed by atoms with Crippen LogP contribution in [-0.2, 0) is 11.3 Å². The number of benzene rings is 1. The van der Waals surface area contributed by atoms with Crippen molar-refractivity contribution < 1.29 is 4.79 Å². The quantitative estimate of drug-likeness (QED) is 0.628. The Balaban J connectivity index is 1.49. The Morgan fingerprint density at radius 3 is 2.77 bits per heavy atom. The highest BCUT2D eigenvalue weighted by Gasteiger charge is 2.28. The maximum Gasteiger partial charge on any atom is 0.223 e. The Bertz CT molecular complexity index is 1010. The molecule has 0 radical (unpaired) electrons. The van der Waals surface area contributed by atoms with Crippen molar-refractivity contribution >= 4 is 17.4 Å². The van der Waals surface area contributed by atoms with E-state index in [0.29, 0.717) is 25.4 Å². The van der Waals surface area contributed by atoms with Gasteiger partial charge in [-0.1, -0.05) is 38.1 Å². The minimum Gasteiger partial charge on any atom is -0.367 e. The number of carbonyl (C=O) groups is 1. The summed E-state index contributed by atoms with van der Waals surface area (Å²) < 4.78 is 1.86. The van der Waals surface area contributed by atoms with Gasteiger partial charge in [0.2, 0.25) is 5.91 Å². The van der Waals surface area contributed by atoms with Crippen LogP contribution in [0.3, 0.4) is 0 Å². The molecule has 158 valence electrons. The zero-order valence-corrected chi connectivity index (χ0v) is 17.7. The molecule has 2 aromatic heterocycles. The molecule has 4 rings (SSSR count). The number of imidazole rings is 1. The molecule has 1 fully saturated rings. The topological polar surface area (TPSA) is 88.5 Å². The third kappa shape index (κ3) is 4.31. The van der Waals surface area contributed by atoms with Crippen LogP contribution in [0, 0.1) is 5.92 Å². The molecule has 1 aliphatic heterocycles. The lowest BCUT2D eigenvalue weighted by molar-refractivity contribution is -0.132. The van der Waals surface area contributed by atoms with Crippen LogP contribution in [0.2, 0.25) is 0 Å². The third-order valence-electron chi connectivity index (χ3n) is 5.65. The maximum atomic E-state index is 12.5. The van der Waals surface area contributed by atoms with Crippen LogP contribution in [0.1, 0.15) is 38.7 Å². The smallest absolute Gasteiger partial charge is 0.223 e. The van der Waals surface area contributed by atoms with E-state index in [9.17, 15) is 4.79 Å². The van der Waals surface area contributed by atoms with Gasteiger partial charge in [0.25, 0.3) is 0 Å². The maximum absolute atomic E-state index is 12.5. The largest absolute Gasteiger partial charge is 0.367 e. The second kappa shape index (κ2) is 8.83. The molecule has 1 saturated heterocycles. The van der Waals surface area contributed by atoms with Gasteiger partial charge in [0.1, 0.15) is 5.82 Å². The number of nitrogens with zero attached hydrogens (tertiary/aromatic N) is 4. The molecule has 1 aliphatic rings. The fourth-order valence-electron chi connectivity index (χ4n) is 4.04. The van der Waals surface area contributed by atoms with Crippen LogP contribution in [0.15, 0.2) is 42.6 Å². The molecule has 7 nitrogen and oxygen atoms in total. The third-order valence-corrected chi connectivity index (χ3v) is 5.65. The van der Waals surface area contributed by atoms with Gasteiger partial charge in [-0.25, -0.2) is 9.50 Å². The molecule has 1 aromatic carbocycles. The highest BCUT2D eigenvalue weighted by Crippen LogP contribution is 2.23. The number of fused-ring (bicyclic) bond motifs is 1. The van der Waals surface area contributed by atoms with Gasteiger partial charge in [0.15, 0.2) is 5.65 Å². The van der Waals surface area contributed by atoms with E-state index in [2.05, 4.69) is 24.1 Å². The fraction of sp³-hybridized carbons (Fsp3) is 0.435. The molecule has 3 heterocycles. The number of amides is 1. The van der Waals surface area contributed by atoms with Crippen molar-refractivity contribution in [1.82, 2.24) is 19.5 Å². The van der Waals surface area contributed by atoms with Gasteiger partial charge in [-0.3, -0.25) is 4.79 Å². The molecule has 30 heavy (non-hydrogen) atoms. The fourth-order valence-corrected chi connectivity index (χ4v) is 4.04. The molecular formula is C23H30N6O. The van der Waals surface area contributed by atoms with E-state index in [-0.39, 0.29) is 11.9 Å². The molecule has 0 bridgehead atoms. The summed E-state index contributed by atoms with van der Waals surface area (Å²) in [6.07, 6.45) is 4.55. The van der Waals surface area contributed by atoms with Crippen molar-refractivity contribution in [2.45, 2.75) is 45.7 Å². The normalized spacial score (nSPS) is 16.5. The van der Waals surface area contributed by atoms with Gasteiger partial charge in [-0.2, -0.15) is 0 Å². The molecule has 0 unspecified atom stereocenters. The average Bonchev–Trinajstić information content (AvgIpc) is 3.38. The average molecular weight is 407 g/mol. The lowest BCUT2D eigenvalue weighted by Gasteiger charge is -2.26. The van der Waals surface area contributed by atoms with Gasteiger partial charge in [0, 0.05) is 37.7 Å². The van der Waals surface area contributed by atoms with Crippen molar-refractivity contribution in [2.75, 3.05) is 18.4 Å². The minimum atomic E-state index is 0.222.